The maximum absolute atomic E-state index is 13.6. The number of hydrogen-bond acceptors (Lipinski definition) is 4. The number of carbonyl (C=O) groups is 1. The minimum Gasteiger partial charge on any atom is -0.348 e. The molecule has 1 aromatic heterocycles. The number of amides is 1. The van der Waals surface area contributed by atoms with Crippen LogP contribution in [0.3, 0.4) is 0 Å². The van der Waals surface area contributed by atoms with Crippen molar-refractivity contribution in [1.29, 1.82) is 0 Å². The summed E-state index contributed by atoms with van der Waals surface area (Å²) in [5.41, 5.74) is 0.360. The molecule has 1 atom stereocenters. The molecule has 20 heavy (non-hydrogen) atoms. The van der Waals surface area contributed by atoms with Gasteiger partial charge in [0.15, 0.2) is 5.82 Å². The van der Waals surface area contributed by atoms with E-state index >= 15 is 0 Å². The van der Waals surface area contributed by atoms with Crippen molar-refractivity contribution >= 4 is 17.7 Å². The molecule has 5 nitrogen and oxygen atoms in total. The summed E-state index contributed by atoms with van der Waals surface area (Å²) >= 11 is 1.23. The second-order valence-electron chi connectivity index (χ2n) is 4.44. The lowest BCUT2D eigenvalue weighted by atomic mass is 10.2. The summed E-state index contributed by atoms with van der Waals surface area (Å²) in [5.74, 6) is -0.0278. The average molecular weight is 294 g/mol. The highest BCUT2D eigenvalue weighted by Gasteiger charge is 2.19. The zero-order chi connectivity index (χ0) is 14.7. The van der Waals surface area contributed by atoms with Gasteiger partial charge in [-0.05, 0) is 19.1 Å². The van der Waals surface area contributed by atoms with E-state index in [4.69, 9.17) is 0 Å². The Morgan fingerprint density at radius 1 is 1.40 bits per heavy atom. The van der Waals surface area contributed by atoms with E-state index in [1.54, 1.807) is 39.2 Å². The molecule has 2 rings (SSSR count). The molecule has 0 radical (unpaired) electrons. The largest absolute Gasteiger partial charge is 0.348 e. The van der Waals surface area contributed by atoms with Gasteiger partial charge in [-0.15, -0.1) is 5.10 Å². The van der Waals surface area contributed by atoms with Crippen LogP contribution >= 0.6 is 11.8 Å². The van der Waals surface area contributed by atoms with Gasteiger partial charge in [-0.1, -0.05) is 23.9 Å². The van der Waals surface area contributed by atoms with Crippen LogP contribution in [0.25, 0.3) is 11.4 Å². The molecule has 0 bridgehead atoms. The van der Waals surface area contributed by atoms with Gasteiger partial charge in [-0.25, -0.2) is 9.37 Å². The number of hydrogen-bond donors (Lipinski definition) is 1. The normalized spacial score (nSPS) is 12.2. The van der Waals surface area contributed by atoms with Gasteiger partial charge in [-0.2, -0.15) is 0 Å². The van der Waals surface area contributed by atoms with Crippen molar-refractivity contribution in [1.82, 2.24) is 20.1 Å². The van der Waals surface area contributed by atoms with Crippen LogP contribution in [0.1, 0.15) is 6.92 Å². The summed E-state index contributed by atoms with van der Waals surface area (Å²) in [6, 6.07) is 6.33. The third-order valence-electron chi connectivity index (χ3n) is 2.66. The maximum atomic E-state index is 13.6. The van der Waals surface area contributed by atoms with Gasteiger partial charge < -0.3 is 4.90 Å². The molecule has 0 aliphatic carbocycles. The Kier molecular flexibility index (Phi) is 4.39. The Balaban J connectivity index is 2.14. The lowest BCUT2D eigenvalue weighted by Gasteiger charge is -2.14. The molecule has 1 heterocycles. The van der Waals surface area contributed by atoms with Crippen molar-refractivity contribution < 1.29 is 9.18 Å². The van der Waals surface area contributed by atoms with Crippen molar-refractivity contribution in [3.63, 3.8) is 0 Å². The van der Waals surface area contributed by atoms with E-state index in [1.807, 2.05) is 0 Å². The molecule has 1 unspecified atom stereocenters. The summed E-state index contributed by atoms with van der Waals surface area (Å²) in [6.07, 6.45) is 0. The molecule has 0 spiro atoms. The molecule has 0 fully saturated rings. The monoisotopic (exact) mass is 294 g/mol. The van der Waals surface area contributed by atoms with Crippen LogP contribution in [0.15, 0.2) is 29.4 Å². The SMILES string of the molecule is CC(Sc1n[nH]c(-c2ccccc2F)n1)C(=O)N(C)C. The van der Waals surface area contributed by atoms with E-state index in [9.17, 15) is 9.18 Å². The Morgan fingerprint density at radius 3 is 2.75 bits per heavy atom. The Morgan fingerprint density at radius 2 is 2.10 bits per heavy atom. The van der Waals surface area contributed by atoms with Crippen LogP contribution in [-0.4, -0.2) is 45.3 Å². The van der Waals surface area contributed by atoms with Gasteiger partial charge in [-0.3, -0.25) is 9.89 Å². The number of carbonyl (C=O) groups excluding carboxylic acids is 1. The summed E-state index contributed by atoms with van der Waals surface area (Å²) in [7, 11) is 3.39. The predicted octanol–water partition coefficient (Wildman–Crippen LogP) is 2.18. The number of rotatable bonds is 4. The molecule has 1 aromatic carbocycles. The average Bonchev–Trinajstić information content (AvgIpc) is 2.86. The van der Waals surface area contributed by atoms with Crippen LogP contribution < -0.4 is 0 Å². The Bertz CT molecular complexity index is 614. The molecule has 7 heteroatoms. The van der Waals surface area contributed by atoms with Crippen LogP contribution in [0.5, 0.6) is 0 Å². The van der Waals surface area contributed by atoms with Crippen molar-refractivity contribution in [3.8, 4) is 11.4 Å². The number of aromatic amines is 1. The molecular formula is C13H15FN4OS. The molecule has 1 amide bonds. The van der Waals surface area contributed by atoms with E-state index in [2.05, 4.69) is 15.2 Å². The van der Waals surface area contributed by atoms with Crippen LogP contribution in [-0.2, 0) is 4.79 Å². The van der Waals surface area contributed by atoms with E-state index in [-0.39, 0.29) is 17.0 Å². The van der Waals surface area contributed by atoms with E-state index < -0.39 is 0 Å². The van der Waals surface area contributed by atoms with Crippen molar-refractivity contribution in [2.75, 3.05) is 14.1 Å². The molecule has 1 N–H and O–H groups in total. The molecule has 2 aromatic rings. The van der Waals surface area contributed by atoms with Gasteiger partial charge in [0.1, 0.15) is 5.82 Å². The fraction of sp³-hybridized carbons (Fsp3) is 0.308. The predicted molar refractivity (Wildman–Crippen MR) is 75.8 cm³/mol. The number of benzene rings is 1. The van der Waals surface area contributed by atoms with Crippen molar-refractivity contribution in [3.05, 3.63) is 30.1 Å². The van der Waals surface area contributed by atoms with Gasteiger partial charge in [0.05, 0.1) is 10.8 Å². The first-order chi connectivity index (χ1) is 9.49. The van der Waals surface area contributed by atoms with E-state index in [1.165, 1.54) is 22.7 Å². The smallest absolute Gasteiger partial charge is 0.235 e. The number of thioether (sulfide) groups is 1. The lowest BCUT2D eigenvalue weighted by Crippen LogP contribution is -2.29. The van der Waals surface area contributed by atoms with Crippen LogP contribution in [0.4, 0.5) is 4.39 Å². The van der Waals surface area contributed by atoms with E-state index in [0.29, 0.717) is 16.5 Å². The third kappa shape index (κ3) is 3.16. The van der Waals surface area contributed by atoms with Gasteiger partial charge in [0.25, 0.3) is 0 Å². The Labute approximate surface area is 120 Å². The molecule has 0 aliphatic heterocycles. The highest BCUT2D eigenvalue weighted by Crippen LogP contribution is 2.24. The van der Waals surface area contributed by atoms with E-state index in [0.717, 1.165) is 0 Å². The Hall–Kier alpha value is -1.89. The summed E-state index contributed by atoms with van der Waals surface area (Å²) in [4.78, 5) is 17.5. The first-order valence-electron chi connectivity index (χ1n) is 6.04. The number of nitrogens with one attached hydrogen (secondary N) is 1. The van der Waals surface area contributed by atoms with Gasteiger partial charge in [0.2, 0.25) is 11.1 Å². The highest BCUT2D eigenvalue weighted by molar-refractivity contribution is 8.00. The number of H-pyrrole nitrogens is 1. The highest BCUT2D eigenvalue weighted by atomic mass is 32.2. The summed E-state index contributed by atoms with van der Waals surface area (Å²) in [5, 5.41) is 6.82. The zero-order valence-electron chi connectivity index (χ0n) is 11.4. The lowest BCUT2D eigenvalue weighted by molar-refractivity contribution is -0.127. The first kappa shape index (κ1) is 14.5. The third-order valence-corrected chi connectivity index (χ3v) is 3.61. The van der Waals surface area contributed by atoms with Crippen LogP contribution in [0, 0.1) is 5.82 Å². The minimum atomic E-state index is -0.363. The summed E-state index contributed by atoms with van der Waals surface area (Å²) in [6.45, 7) is 1.78. The first-order valence-corrected chi connectivity index (χ1v) is 6.92. The fourth-order valence-electron chi connectivity index (χ4n) is 1.64. The van der Waals surface area contributed by atoms with Gasteiger partial charge >= 0.3 is 0 Å². The number of nitrogens with zero attached hydrogens (tertiary/aromatic N) is 3. The second-order valence-corrected chi connectivity index (χ2v) is 5.75. The molecular weight excluding hydrogens is 279 g/mol. The maximum Gasteiger partial charge on any atom is 0.235 e. The fourth-order valence-corrected chi connectivity index (χ4v) is 2.52. The molecule has 0 saturated carbocycles. The van der Waals surface area contributed by atoms with Crippen molar-refractivity contribution in [2.24, 2.45) is 0 Å². The minimum absolute atomic E-state index is 0.0211. The topological polar surface area (TPSA) is 61.9 Å². The standard InChI is InChI=1S/C13H15FN4OS/c1-8(12(19)18(2)3)20-13-15-11(16-17-13)9-6-4-5-7-10(9)14/h4-8H,1-3H3,(H,15,16,17). The number of aromatic nitrogens is 3. The second kappa shape index (κ2) is 6.04. The van der Waals surface area contributed by atoms with Crippen LogP contribution in [0.2, 0.25) is 0 Å². The zero-order valence-corrected chi connectivity index (χ0v) is 12.2. The van der Waals surface area contributed by atoms with Gasteiger partial charge in [0, 0.05) is 14.1 Å². The summed E-state index contributed by atoms with van der Waals surface area (Å²) < 4.78 is 13.6. The number of halogens is 1. The molecule has 0 saturated heterocycles. The quantitative estimate of drug-likeness (QED) is 0.878. The molecule has 0 aliphatic rings. The van der Waals surface area contributed by atoms with Crippen molar-refractivity contribution in [2.45, 2.75) is 17.3 Å². The molecule has 106 valence electrons.